The van der Waals surface area contributed by atoms with Crippen LogP contribution in [-0.2, 0) is 9.53 Å². The summed E-state index contributed by atoms with van der Waals surface area (Å²) in [6.07, 6.45) is -1.05. The van der Waals surface area contributed by atoms with Crippen LogP contribution in [0, 0.1) is 0 Å². The highest BCUT2D eigenvalue weighted by molar-refractivity contribution is 6.34. The fourth-order valence-electron chi connectivity index (χ4n) is 1.61. The Morgan fingerprint density at radius 2 is 1.74 bits per heavy atom. The molecular formula is C15H11Cl3N2O3. The number of hydrogen-bond donors (Lipinski definition) is 1. The second-order valence-electron chi connectivity index (χ2n) is 4.51. The van der Waals surface area contributed by atoms with Crippen molar-refractivity contribution in [2.45, 2.75) is 13.0 Å². The molecule has 1 atom stereocenters. The van der Waals surface area contributed by atoms with Crippen molar-refractivity contribution in [1.29, 1.82) is 0 Å². The summed E-state index contributed by atoms with van der Waals surface area (Å²) in [5.74, 6) is -1.34. The Bertz CT molecular complexity index is 735. The van der Waals surface area contributed by atoms with E-state index in [9.17, 15) is 9.59 Å². The van der Waals surface area contributed by atoms with Crippen LogP contribution < -0.4 is 5.32 Å². The number of aromatic nitrogens is 1. The average molecular weight is 374 g/mol. The van der Waals surface area contributed by atoms with E-state index in [0.717, 1.165) is 0 Å². The Balaban J connectivity index is 2.01. The Hall–Kier alpha value is -1.82. The third kappa shape index (κ3) is 4.82. The van der Waals surface area contributed by atoms with Gasteiger partial charge in [-0.25, -0.2) is 9.78 Å². The molecule has 5 nitrogen and oxygen atoms in total. The van der Waals surface area contributed by atoms with E-state index in [0.29, 0.717) is 10.7 Å². The first kappa shape index (κ1) is 17.5. The fraction of sp³-hybridized carbons (Fsp3) is 0.133. The molecule has 0 radical (unpaired) electrons. The van der Waals surface area contributed by atoms with Gasteiger partial charge >= 0.3 is 5.97 Å². The van der Waals surface area contributed by atoms with Gasteiger partial charge in [-0.1, -0.05) is 34.8 Å². The number of pyridine rings is 1. The number of ether oxygens (including phenoxy) is 1. The van der Waals surface area contributed by atoms with Crippen molar-refractivity contribution in [2.75, 3.05) is 5.32 Å². The molecule has 0 unspecified atom stereocenters. The maximum Gasteiger partial charge on any atom is 0.359 e. The molecule has 1 aromatic heterocycles. The van der Waals surface area contributed by atoms with E-state index < -0.39 is 18.0 Å². The summed E-state index contributed by atoms with van der Waals surface area (Å²) < 4.78 is 5.05. The molecule has 2 aromatic rings. The van der Waals surface area contributed by atoms with Crippen LogP contribution in [0.5, 0.6) is 0 Å². The van der Waals surface area contributed by atoms with Crippen LogP contribution in [0.15, 0.2) is 36.4 Å². The second kappa shape index (κ2) is 7.64. The number of benzene rings is 1. The zero-order valence-electron chi connectivity index (χ0n) is 11.8. The minimum absolute atomic E-state index is 0.0877. The van der Waals surface area contributed by atoms with Gasteiger partial charge in [0.25, 0.3) is 5.91 Å². The summed E-state index contributed by atoms with van der Waals surface area (Å²) in [6, 6.07) is 9.38. The predicted molar refractivity (Wildman–Crippen MR) is 89.2 cm³/mol. The normalized spacial score (nSPS) is 11.7. The van der Waals surface area contributed by atoms with Crippen molar-refractivity contribution >= 4 is 52.4 Å². The zero-order valence-corrected chi connectivity index (χ0v) is 14.1. The second-order valence-corrected chi connectivity index (χ2v) is 5.74. The molecule has 0 aliphatic carbocycles. The lowest BCUT2D eigenvalue weighted by Crippen LogP contribution is -2.30. The molecule has 0 aliphatic rings. The van der Waals surface area contributed by atoms with Crippen molar-refractivity contribution in [2.24, 2.45) is 0 Å². The van der Waals surface area contributed by atoms with E-state index in [2.05, 4.69) is 10.3 Å². The van der Waals surface area contributed by atoms with E-state index in [1.165, 1.54) is 19.1 Å². The molecule has 2 rings (SSSR count). The number of esters is 1. The molecule has 0 aliphatic heterocycles. The van der Waals surface area contributed by atoms with Crippen molar-refractivity contribution in [1.82, 2.24) is 4.98 Å². The van der Waals surface area contributed by atoms with Gasteiger partial charge in [-0.15, -0.1) is 0 Å². The highest BCUT2D eigenvalue weighted by Gasteiger charge is 2.22. The third-order valence-corrected chi connectivity index (χ3v) is 3.54. The first-order valence-corrected chi connectivity index (χ1v) is 7.59. The van der Waals surface area contributed by atoms with Crippen molar-refractivity contribution < 1.29 is 14.3 Å². The van der Waals surface area contributed by atoms with Gasteiger partial charge in [0, 0.05) is 10.7 Å². The number of nitrogens with one attached hydrogen (secondary N) is 1. The summed E-state index contributed by atoms with van der Waals surface area (Å²) in [7, 11) is 0. The lowest BCUT2D eigenvalue weighted by Gasteiger charge is -2.13. The van der Waals surface area contributed by atoms with Crippen LogP contribution in [0.1, 0.15) is 17.4 Å². The molecule has 1 amide bonds. The molecule has 0 bridgehead atoms. The summed E-state index contributed by atoms with van der Waals surface area (Å²) in [5, 5.41) is 3.33. The molecule has 23 heavy (non-hydrogen) atoms. The number of hydrogen-bond acceptors (Lipinski definition) is 4. The van der Waals surface area contributed by atoms with Crippen LogP contribution in [-0.4, -0.2) is 23.0 Å². The van der Waals surface area contributed by atoms with Crippen LogP contribution in [0.3, 0.4) is 0 Å². The summed E-state index contributed by atoms with van der Waals surface area (Å²) >= 11 is 17.3. The molecular weight excluding hydrogens is 363 g/mol. The maximum absolute atomic E-state index is 12.0. The third-order valence-electron chi connectivity index (χ3n) is 2.77. The highest BCUT2D eigenvalue weighted by atomic mass is 35.5. The topological polar surface area (TPSA) is 68.3 Å². The smallest absolute Gasteiger partial charge is 0.359 e. The Kier molecular flexibility index (Phi) is 5.82. The van der Waals surface area contributed by atoms with Gasteiger partial charge in [0.15, 0.2) is 11.8 Å². The summed E-state index contributed by atoms with van der Waals surface area (Å²) in [4.78, 5) is 27.8. The van der Waals surface area contributed by atoms with Crippen molar-refractivity contribution in [3.8, 4) is 0 Å². The quantitative estimate of drug-likeness (QED) is 0.643. The van der Waals surface area contributed by atoms with Gasteiger partial charge in [0.2, 0.25) is 0 Å². The number of nitrogens with zero attached hydrogens (tertiary/aromatic N) is 1. The number of rotatable bonds is 4. The maximum atomic E-state index is 12.0. The predicted octanol–water partition coefficient (Wildman–Crippen LogP) is 4.23. The van der Waals surface area contributed by atoms with Crippen LogP contribution >= 0.6 is 34.8 Å². The number of anilines is 1. The highest BCUT2D eigenvalue weighted by Crippen LogP contribution is 2.19. The lowest BCUT2D eigenvalue weighted by molar-refractivity contribution is -0.123. The SMILES string of the molecule is C[C@H](OC(=O)c1nc(Cl)ccc1Cl)C(=O)Nc1ccc(Cl)cc1. The van der Waals surface area contributed by atoms with Gasteiger partial charge in [0.1, 0.15) is 5.15 Å². The standard InChI is InChI=1S/C15H11Cl3N2O3/c1-8(14(21)19-10-4-2-9(16)3-5-10)23-15(22)13-11(17)6-7-12(18)20-13/h2-8H,1H3,(H,19,21)/t8-/m0/s1. The van der Waals surface area contributed by atoms with Gasteiger partial charge in [0.05, 0.1) is 5.02 Å². The molecule has 0 saturated heterocycles. The Labute approximate surface area is 147 Å². The molecule has 8 heteroatoms. The Morgan fingerprint density at radius 1 is 1.09 bits per heavy atom. The summed E-state index contributed by atoms with van der Waals surface area (Å²) in [6.45, 7) is 1.43. The molecule has 0 fully saturated rings. The molecule has 0 spiro atoms. The van der Waals surface area contributed by atoms with Crippen molar-refractivity contribution in [3.63, 3.8) is 0 Å². The number of halogens is 3. The number of carbonyl (C=O) groups is 2. The zero-order chi connectivity index (χ0) is 17.0. The van der Waals surface area contributed by atoms with Gasteiger partial charge < -0.3 is 10.1 Å². The summed E-state index contributed by atoms with van der Waals surface area (Å²) in [5.41, 5.74) is 0.381. The van der Waals surface area contributed by atoms with Crippen LogP contribution in [0.25, 0.3) is 0 Å². The largest absolute Gasteiger partial charge is 0.448 e. The van der Waals surface area contributed by atoms with E-state index in [-0.39, 0.29) is 15.9 Å². The van der Waals surface area contributed by atoms with E-state index in [1.807, 2.05) is 0 Å². The fourth-order valence-corrected chi connectivity index (χ4v) is 2.06. The first-order valence-electron chi connectivity index (χ1n) is 6.46. The van der Waals surface area contributed by atoms with E-state index in [1.54, 1.807) is 24.3 Å². The number of amides is 1. The molecule has 1 heterocycles. The molecule has 1 aromatic carbocycles. The monoisotopic (exact) mass is 372 g/mol. The van der Waals surface area contributed by atoms with Gasteiger partial charge in [-0.05, 0) is 43.3 Å². The average Bonchev–Trinajstić information content (AvgIpc) is 2.51. The van der Waals surface area contributed by atoms with Crippen molar-refractivity contribution in [3.05, 3.63) is 57.3 Å². The van der Waals surface area contributed by atoms with Crippen LogP contribution in [0.4, 0.5) is 5.69 Å². The number of carbonyl (C=O) groups excluding carboxylic acids is 2. The minimum Gasteiger partial charge on any atom is -0.448 e. The molecule has 0 saturated carbocycles. The lowest BCUT2D eigenvalue weighted by atomic mass is 10.3. The van der Waals surface area contributed by atoms with E-state index >= 15 is 0 Å². The van der Waals surface area contributed by atoms with E-state index in [4.69, 9.17) is 39.5 Å². The minimum atomic E-state index is -1.05. The molecule has 1 N–H and O–H groups in total. The van der Waals surface area contributed by atoms with Gasteiger partial charge in [-0.2, -0.15) is 0 Å². The van der Waals surface area contributed by atoms with Gasteiger partial charge in [-0.3, -0.25) is 4.79 Å². The Morgan fingerprint density at radius 3 is 2.39 bits per heavy atom. The van der Waals surface area contributed by atoms with Crippen LogP contribution in [0.2, 0.25) is 15.2 Å². The molecule has 120 valence electrons. The first-order chi connectivity index (χ1) is 10.9.